The highest BCUT2D eigenvalue weighted by Gasteiger charge is 2.22. The van der Waals surface area contributed by atoms with E-state index in [1.54, 1.807) is 0 Å². The molecule has 0 nitrogen and oxygen atoms in total. The van der Waals surface area contributed by atoms with Crippen molar-refractivity contribution in [1.82, 2.24) is 0 Å². The van der Waals surface area contributed by atoms with Crippen LogP contribution in [-0.4, -0.2) is 0 Å². The van der Waals surface area contributed by atoms with E-state index in [0.29, 0.717) is 16.0 Å². The third kappa shape index (κ3) is 3.79. The molecule has 1 atom stereocenters. The highest BCUT2D eigenvalue weighted by atomic mass is 35.5. The van der Waals surface area contributed by atoms with Crippen LogP contribution in [0.3, 0.4) is 0 Å². The van der Waals surface area contributed by atoms with Gasteiger partial charge in [-0.1, -0.05) is 61.4 Å². The standard InChI is InChI=1S/C15H19Cl3/c16-13-9-8-12(10-14(13)17)15(18)11-6-4-2-1-3-5-7-11/h8-11,15H,1-7H2. The second-order valence-corrected chi connectivity index (χ2v) is 6.47. The summed E-state index contributed by atoms with van der Waals surface area (Å²) in [4.78, 5) is 0. The Labute approximate surface area is 125 Å². The van der Waals surface area contributed by atoms with Crippen LogP contribution < -0.4 is 0 Å². The van der Waals surface area contributed by atoms with Crippen molar-refractivity contribution in [3.05, 3.63) is 33.8 Å². The van der Waals surface area contributed by atoms with Crippen LogP contribution in [-0.2, 0) is 0 Å². The molecule has 1 saturated carbocycles. The van der Waals surface area contributed by atoms with Crippen molar-refractivity contribution in [2.45, 2.75) is 50.3 Å². The maximum atomic E-state index is 6.63. The van der Waals surface area contributed by atoms with Crippen molar-refractivity contribution in [3.8, 4) is 0 Å². The van der Waals surface area contributed by atoms with Crippen LogP contribution in [0.5, 0.6) is 0 Å². The molecule has 1 unspecified atom stereocenters. The predicted molar refractivity (Wildman–Crippen MR) is 80.9 cm³/mol. The fourth-order valence-corrected chi connectivity index (χ4v) is 3.43. The average molecular weight is 306 g/mol. The van der Waals surface area contributed by atoms with Crippen molar-refractivity contribution in [2.24, 2.45) is 5.92 Å². The maximum Gasteiger partial charge on any atom is 0.0613 e. The van der Waals surface area contributed by atoms with Gasteiger partial charge < -0.3 is 0 Å². The lowest BCUT2D eigenvalue weighted by atomic mass is 9.86. The topological polar surface area (TPSA) is 0 Å². The maximum absolute atomic E-state index is 6.63. The van der Waals surface area contributed by atoms with E-state index in [1.165, 1.54) is 44.9 Å². The first-order valence-electron chi connectivity index (χ1n) is 6.77. The highest BCUT2D eigenvalue weighted by molar-refractivity contribution is 6.42. The largest absolute Gasteiger partial charge is 0.118 e. The minimum absolute atomic E-state index is 0.0675. The molecule has 0 aromatic heterocycles. The van der Waals surface area contributed by atoms with E-state index in [-0.39, 0.29) is 5.38 Å². The molecule has 0 bridgehead atoms. The van der Waals surface area contributed by atoms with Gasteiger partial charge in [0, 0.05) is 0 Å². The SMILES string of the molecule is Clc1ccc(C(Cl)C2CCCCCCC2)cc1Cl. The molecule has 1 aliphatic rings. The molecule has 100 valence electrons. The van der Waals surface area contributed by atoms with E-state index in [1.807, 2.05) is 18.2 Å². The minimum atomic E-state index is 0.0675. The third-order valence-corrected chi connectivity index (χ3v) is 5.17. The normalized spacial score (nSPS) is 20.2. The fourth-order valence-electron chi connectivity index (χ4n) is 2.74. The van der Waals surface area contributed by atoms with Gasteiger partial charge in [0.1, 0.15) is 0 Å². The Morgan fingerprint density at radius 1 is 0.889 bits per heavy atom. The Bertz CT molecular complexity index is 381. The van der Waals surface area contributed by atoms with Gasteiger partial charge in [-0.05, 0) is 36.5 Å². The summed E-state index contributed by atoms with van der Waals surface area (Å²) in [6, 6.07) is 5.77. The quantitative estimate of drug-likeness (QED) is 0.538. The van der Waals surface area contributed by atoms with Gasteiger partial charge in [-0.2, -0.15) is 0 Å². The molecule has 0 amide bonds. The Kier molecular flexibility index (Phi) is 5.66. The lowest BCUT2D eigenvalue weighted by molar-refractivity contribution is 0.368. The molecule has 2 rings (SSSR count). The zero-order valence-electron chi connectivity index (χ0n) is 10.5. The van der Waals surface area contributed by atoms with Crippen LogP contribution in [0.4, 0.5) is 0 Å². The summed E-state index contributed by atoms with van der Waals surface area (Å²) in [5.41, 5.74) is 1.11. The van der Waals surface area contributed by atoms with E-state index in [0.717, 1.165) is 5.56 Å². The molecule has 0 aliphatic heterocycles. The molecule has 0 N–H and O–H groups in total. The average Bonchev–Trinajstić information content (AvgIpc) is 2.31. The van der Waals surface area contributed by atoms with Gasteiger partial charge in [0.2, 0.25) is 0 Å². The van der Waals surface area contributed by atoms with E-state index < -0.39 is 0 Å². The number of hydrogen-bond acceptors (Lipinski definition) is 0. The second-order valence-electron chi connectivity index (χ2n) is 5.18. The van der Waals surface area contributed by atoms with Crippen LogP contribution >= 0.6 is 34.8 Å². The molecule has 1 aromatic carbocycles. The van der Waals surface area contributed by atoms with Crippen molar-refractivity contribution in [2.75, 3.05) is 0 Å². The first-order valence-corrected chi connectivity index (χ1v) is 7.97. The molecule has 1 aliphatic carbocycles. The summed E-state index contributed by atoms with van der Waals surface area (Å²) in [5.74, 6) is 0.573. The van der Waals surface area contributed by atoms with E-state index in [9.17, 15) is 0 Å². The molecule has 0 saturated heterocycles. The van der Waals surface area contributed by atoms with Gasteiger partial charge in [-0.3, -0.25) is 0 Å². The molecule has 0 radical (unpaired) electrons. The van der Waals surface area contributed by atoms with Crippen molar-refractivity contribution in [1.29, 1.82) is 0 Å². The molecular formula is C15H19Cl3. The third-order valence-electron chi connectivity index (χ3n) is 3.83. The zero-order chi connectivity index (χ0) is 13.0. The van der Waals surface area contributed by atoms with Crippen LogP contribution in [0.25, 0.3) is 0 Å². The van der Waals surface area contributed by atoms with E-state index in [4.69, 9.17) is 34.8 Å². The molecule has 3 heteroatoms. The Morgan fingerprint density at radius 2 is 1.50 bits per heavy atom. The number of hydrogen-bond donors (Lipinski definition) is 0. The van der Waals surface area contributed by atoms with Gasteiger partial charge in [0.15, 0.2) is 0 Å². The summed E-state index contributed by atoms with van der Waals surface area (Å²) >= 11 is 18.6. The predicted octanol–water partition coefficient (Wildman–Crippen LogP) is 6.63. The molecular weight excluding hydrogens is 287 g/mol. The first kappa shape index (κ1) is 14.5. The van der Waals surface area contributed by atoms with Crippen LogP contribution in [0, 0.1) is 5.92 Å². The summed E-state index contributed by atoms with van der Waals surface area (Å²) in [7, 11) is 0. The zero-order valence-corrected chi connectivity index (χ0v) is 12.7. The summed E-state index contributed by atoms with van der Waals surface area (Å²) in [5, 5.41) is 1.27. The Balaban J connectivity index is 2.08. The van der Waals surface area contributed by atoms with Crippen LogP contribution in [0.15, 0.2) is 18.2 Å². The van der Waals surface area contributed by atoms with Gasteiger partial charge in [-0.25, -0.2) is 0 Å². The lowest BCUT2D eigenvalue weighted by Crippen LogP contribution is -2.10. The Morgan fingerprint density at radius 3 is 2.11 bits per heavy atom. The van der Waals surface area contributed by atoms with Gasteiger partial charge in [-0.15, -0.1) is 11.6 Å². The molecule has 1 aromatic rings. The van der Waals surface area contributed by atoms with Gasteiger partial charge in [0.05, 0.1) is 15.4 Å². The molecule has 1 fully saturated rings. The lowest BCUT2D eigenvalue weighted by Gasteiger charge is -2.24. The molecule has 0 heterocycles. The van der Waals surface area contributed by atoms with Crippen molar-refractivity contribution >= 4 is 34.8 Å². The van der Waals surface area contributed by atoms with Crippen LogP contribution in [0.2, 0.25) is 10.0 Å². The number of halogens is 3. The van der Waals surface area contributed by atoms with E-state index >= 15 is 0 Å². The fraction of sp³-hybridized carbons (Fsp3) is 0.600. The number of alkyl halides is 1. The summed E-state index contributed by atoms with van der Waals surface area (Å²) in [6.45, 7) is 0. The molecule has 18 heavy (non-hydrogen) atoms. The van der Waals surface area contributed by atoms with Gasteiger partial charge >= 0.3 is 0 Å². The Hall–Kier alpha value is 0.0900. The minimum Gasteiger partial charge on any atom is -0.118 e. The number of rotatable bonds is 2. The first-order chi connectivity index (χ1) is 8.68. The van der Waals surface area contributed by atoms with Crippen molar-refractivity contribution < 1.29 is 0 Å². The highest BCUT2D eigenvalue weighted by Crippen LogP contribution is 2.39. The number of benzene rings is 1. The summed E-state index contributed by atoms with van der Waals surface area (Å²) in [6.07, 6.45) is 9.14. The van der Waals surface area contributed by atoms with E-state index in [2.05, 4.69) is 0 Å². The van der Waals surface area contributed by atoms with Gasteiger partial charge in [0.25, 0.3) is 0 Å². The smallest absolute Gasteiger partial charge is 0.0613 e. The molecule has 0 spiro atoms. The monoisotopic (exact) mass is 304 g/mol. The van der Waals surface area contributed by atoms with Crippen LogP contribution in [0.1, 0.15) is 55.9 Å². The summed E-state index contributed by atoms with van der Waals surface area (Å²) < 4.78 is 0. The van der Waals surface area contributed by atoms with Crippen molar-refractivity contribution in [3.63, 3.8) is 0 Å². The second kappa shape index (κ2) is 7.03.